The number of nitrogens with zero attached hydrogens (tertiary/aromatic N) is 4. The molecule has 3 heterocycles. The molecule has 0 unspecified atom stereocenters. The second-order valence-electron chi connectivity index (χ2n) is 7.98. The molecule has 2 saturated heterocycles. The third-order valence-electron chi connectivity index (χ3n) is 4.98. The number of likely N-dealkylation sites (tertiary alicyclic amines) is 1. The van der Waals surface area contributed by atoms with Crippen molar-refractivity contribution < 1.29 is 9.84 Å². The average Bonchev–Trinajstić information content (AvgIpc) is 2.87. The first-order valence-electron chi connectivity index (χ1n) is 8.97. The number of hydrogen-bond donors (Lipinski definition) is 1. The lowest BCUT2D eigenvalue weighted by molar-refractivity contribution is 0.0157. The number of aliphatic hydroxyl groups excluding tert-OH is 1. The number of β-amino-alcohol motifs (C(OH)–C–C–N with tert-alkyl or cyclic N) is 1. The van der Waals surface area contributed by atoms with E-state index in [1.54, 1.807) is 18.6 Å². The first-order valence-corrected chi connectivity index (χ1v) is 8.97. The number of rotatable bonds is 6. The minimum Gasteiger partial charge on any atom is -0.391 e. The minimum atomic E-state index is -0.272. The predicted molar refractivity (Wildman–Crippen MR) is 92.7 cm³/mol. The van der Waals surface area contributed by atoms with Crippen LogP contribution in [0.3, 0.4) is 0 Å². The van der Waals surface area contributed by atoms with Crippen molar-refractivity contribution in [2.24, 2.45) is 11.3 Å². The van der Waals surface area contributed by atoms with E-state index < -0.39 is 0 Å². The number of ether oxygens (including phenoxy) is 1. The number of hydrogen-bond acceptors (Lipinski definition) is 6. The second kappa shape index (κ2) is 7.87. The van der Waals surface area contributed by atoms with Crippen LogP contribution in [0.1, 0.15) is 19.5 Å². The molecule has 0 amide bonds. The summed E-state index contributed by atoms with van der Waals surface area (Å²) in [7, 11) is 0. The Morgan fingerprint density at radius 3 is 2.62 bits per heavy atom. The fraction of sp³-hybridized carbons (Fsp3) is 0.778. The Hall–Kier alpha value is -1.08. The summed E-state index contributed by atoms with van der Waals surface area (Å²) in [6, 6.07) is 0. The molecule has 2 aliphatic rings. The van der Waals surface area contributed by atoms with E-state index in [2.05, 4.69) is 33.6 Å². The molecule has 6 heteroatoms. The van der Waals surface area contributed by atoms with E-state index in [4.69, 9.17) is 4.74 Å². The summed E-state index contributed by atoms with van der Waals surface area (Å²) in [4.78, 5) is 13.4. The Morgan fingerprint density at radius 1 is 1.17 bits per heavy atom. The van der Waals surface area contributed by atoms with Crippen molar-refractivity contribution in [1.29, 1.82) is 0 Å². The number of aromatic nitrogens is 2. The van der Waals surface area contributed by atoms with Crippen molar-refractivity contribution in [3.63, 3.8) is 0 Å². The maximum Gasteiger partial charge on any atom is 0.0711 e. The van der Waals surface area contributed by atoms with Crippen molar-refractivity contribution in [3.05, 3.63) is 24.3 Å². The zero-order valence-corrected chi connectivity index (χ0v) is 14.9. The standard InChI is InChI=1S/C18H30N4O2/c1-18(2,13-21-5-7-24-8-6-21)14-22-11-15(17(23)12-22)9-16-10-19-3-4-20-16/h3-4,10,15,17,23H,5-9,11-14H2,1-2H3/t15-,17-/m1/s1. The van der Waals surface area contributed by atoms with Crippen molar-refractivity contribution >= 4 is 0 Å². The summed E-state index contributed by atoms with van der Waals surface area (Å²) in [6.07, 6.45) is 5.74. The van der Waals surface area contributed by atoms with Crippen LogP contribution in [0.2, 0.25) is 0 Å². The molecule has 0 aliphatic carbocycles. The van der Waals surface area contributed by atoms with E-state index in [1.807, 2.05) is 0 Å². The van der Waals surface area contributed by atoms with Gasteiger partial charge in [0.2, 0.25) is 0 Å². The van der Waals surface area contributed by atoms with E-state index in [1.165, 1.54) is 0 Å². The minimum absolute atomic E-state index is 0.207. The molecule has 6 nitrogen and oxygen atoms in total. The molecule has 24 heavy (non-hydrogen) atoms. The van der Waals surface area contributed by atoms with Crippen molar-refractivity contribution in [3.8, 4) is 0 Å². The van der Waals surface area contributed by atoms with E-state index >= 15 is 0 Å². The lowest BCUT2D eigenvalue weighted by atomic mass is 9.91. The molecule has 0 saturated carbocycles. The highest BCUT2D eigenvalue weighted by Gasteiger charge is 2.35. The molecule has 1 aromatic heterocycles. The summed E-state index contributed by atoms with van der Waals surface area (Å²) >= 11 is 0. The highest BCUT2D eigenvalue weighted by Crippen LogP contribution is 2.26. The van der Waals surface area contributed by atoms with Crippen LogP contribution in [-0.4, -0.2) is 83.5 Å². The van der Waals surface area contributed by atoms with Crippen LogP contribution in [0.15, 0.2) is 18.6 Å². The van der Waals surface area contributed by atoms with Crippen LogP contribution >= 0.6 is 0 Å². The van der Waals surface area contributed by atoms with Gasteiger partial charge < -0.3 is 9.84 Å². The Kier molecular flexibility index (Phi) is 5.81. The van der Waals surface area contributed by atoms with Crippen LogP contribution in [-0.2, 0) is 11.2 Å². The van der Waals surface area contributed by atoms with Gasteiger partial charge in [0.1, 0.15) is 0 Å². The zero-order valence-electron chi connectivity index (χ0n) is 14.9. The van der Waals surface area contributed by atoms with Gasteiger partial charge in [0.05, 0.1) is 25.0 Å². The van der Waals surface area contributed by atoms with Gasteiger partial charge in [-0.05, 0) is 11.8 Å². The first-order chi connectivity index (χ1) is 11.5. The summed E-state index contributed by atoms with van der Waals surface area (Å²) in [5, 5.41) is 10.4. The molecule has 0 aromatic carbocycles. The molecule has 0 spiro atoms. The van der Waals surface area contributed by atoms with E-state index in [0.717, 1.165) is 64.6 Å². The lowest BCUT2D eigenvalue weighted by Gasteiger charge is -2.37. The summed E-state index contributed by atoms with van der Waals surface area (Å²) in [5.74, 6) is 0.251. The summed E-state index contributed by atoms with van der Waals surface area (Å²) in [6.45, 7) is 12.2. The van der Waals surface area contributed by atoms with E-state index in [9.17, 15) is 5.11 Å². The van der Waals surface area contributed by atoms with Crippen LogP contribution in [0, 0.1) is 11.3 Å². The number of morpholine rings is 1. The summed E-state index contributed by atoms with van der Waals surface area (Å²) < 4.78 is 5.44. The quantitative estimate of drug-likeness (QED) is 0.825. The molecule has 1 aromatic rings. The van der Waals surface area contributed by atoms with Crippen LogP contribution in [0.25, 0.3) is 0 Å². The van der Waals surface area contributed by atoms with E-state index in [-0.39, 0.29) is 17.4 Å². The maximum absolute atomic E-state index is 10.4. The fourth-order valence-electron chi connectivity index (χ4n) is 4.00. The van der Waals surface area contributed by atoms with Gasteiger partial charge in [-0.25, -0.2) is 0 Å². The SMILES string of the molecule is CC(C)(CN1CCOCC1)CN1C[C@@H](Cc2cnccn2)[C@H](O)C1. The van der Waals surface area contributed by atoms with Gasteiger partial charge in [0.15, 0.2) is 0 Å². The third-order valence-corrected chi connectivity index (χ3v) is 4.98. The second-order valence-corrected chi connectivity index (χ2v) is 7.98. The molecule has 1 N–H and O–H groups in total. The van der Waals surface area contributed by atoms with Gasteiger partial charge in [0.25, 0.3) is 0 Å². The average molecular weight is 334 g/mol. The molecule has 134 valence electrons. The first kappa shape index (κ1) is 17.7. The van der Waals surface area contributed by atoms with Gasteiger partial charge in [-0.15, -0.1) is 0 Å². The predicted octanol–water partition coefficient (Wildman–Crippen LogP) is 0.670. The van der Waals surface area contributed by atoms with Crippen LogP contribution < -0.4 is 0 Å². The molecule has 2 atom stereocenters. The third kappa shape index (κ3) is 4.96. The molecule has 0 radical (unpaired) electrons. The maximum atomic E-state index is 10.4. The summed E-state index contributed by atoms with van der Waals surface area (Å²) in [5.41, 5.74) is 1.18. The largest absolute Gasteiger partial charge is 0.391 e. The van der Waals surface area contributed by atoms with Gasteiger partial charge in [-0.1, -0.05) is 13.8 Å². The molecule has 2 aliphatic heterocycles. The Bertz CT molecular complexity index is 505. The highest BCUT2D eigenvalue weighted by molar-refractivity contribution is 5.00. The molecular weight excluding hydrogens is 304 g/mol. The Morgan fingerprint density at radius 2 is 1.92 bits per heavy atom. The van der Waals surface area contributed by atoms with Gasteiger partial charge in [-0.2, -0.15) is 0 Å². The lowest BCUT2D eigenvalue weighted by Crippen LogP contribution is -2.45. The molecule has 2 fully saturated rings. The smallest absolute Gasteiger partial charge is 0.0711 e. The topological polar surface area (TPSA) is 61.7 Å². The Labute approximate surface area is 144 Å². The fourth-order valence-corrected chi connectivity index (χ4v) is 4.00. The van der Waals surface area contributed by atoms with Gasteiger partial charge in [0, 0.05) is 63.8 Å². The zero-order chi connectivity index (χ0) is 17.0. The number of aliphatic hydroxyl groups is 1. The van der Waals surface area contributed by atoms with Crippen LogP contribution in [0.5, 0.6) is 0 Å². The van der Waals surface area contributed by atoms with Crippen molar-refractivity contribution in [2.75, 3.05) is 52.5 Å². The monoisotopic (exact) mass is 334 g/mol. The highest BCUT2D eigenvalue weighted by atomic mass is 16.5. The van der Waals surface area contributed by atoms with Gasteiger partial charge in [-0.3, -0.25) is 19.8 Å². The molecule has 3 rings (SSSR count). The van der Waals surface area contributed by atoms with Crippen molar-refractivity contribution in [1.82, 2.24) is 19.8 Å². The van der Waals surface area contributed by atoms with Crippen LogP contribution in [0.4, 0.5) is 0 Å². The van der Waals surface area contributed by atoms with Crippen molar-refractivity contribution in [2.45, 2.75) is 26.4 Å². The molecule has 0 bridgehead atoms. The normalized spacial score (nSPS) is 26.8. The Balaban J connectivity index is 1.50. The van der Waals surface area contributed by atoms with Gasteiger partial charge >= 0.3 is 0 Å². The molecular formula is C18H30N4O2. The van der Waals surface area contributed by atoms with E-state index in [0.29, 0.717) is 0 Å².